The Balaban J connectivity index is 2.94. The van der Waals surface area contributed by atoms with E-state index in [9.17, 15) is 14.4 Å². The molecule has 0 saturated heterocycles. The lowest BCUT2D eigenvalue weighted by molar-refractivity contribution is -0.144. The number of carbonyl (C=O) groups is 3. The number of amides is 1. The Labute approximate surface area is 80.8 Å². The van der Waals surface area contributed by atoms with E-state index in [4.69, 9.17) is 5.11 Å². The van der Waals surface area contributed by atoms with Crippen LogP contribution in [-0.4, -0.2) is 22.8 Å². The number of rotatable bonds is 2. The number of allylic oxidation sites excluding steroid dienone is 2. The van der Waals surface area contributed by atoms with E-state index in [0.29, 0.717) is 11.3 Å². The Bertz CT molecular complexity index is 343. The Morgan fingerprint density at radius 1 is 1.43 bits per heavy atom. The number of ketones is 1. The minimum atomic E-state index is -1.15. The first-order valence-electron chi connectivity index (χ1n) is 4.18. The molecule has 1 aliphatic rings. The van der Waals surface area contributed by atoms with E-state index >= 15 is 0 Å². The molecule has 1 atom stereocenters. The summed E-state index contributed by atoms with van der Waals surface area (Å²) in [5, 5.41) is 11.0. The molecule has 1 heterocycles. The number of hydrogen-bond acceptors (Lipinski definition) is 3. The number of Topliss-reactive ketones (excluding diaryl/α,β-unsaturated/α-hetero) is 1. The van der Waals surface area contributed by atoms with Gasteiger partial charge in [-0.25, -0.2) is 0 Å². The number of aliphatic carboxylic acids is 1. The summed E-state index contributed by atoms with van der Waals surface area (Å²) in [6.45, 7) is 3.19. The van der Waals surface area contributed by atoms with E-state index in [1.165, 1.54) is 0 Å². The molecule has 5 nitrogen and oxygen atoms in total. The van der Waals surface area contributed by atoms with Crippen molar-refractivity contribution in [1.29, 1.82) is 0 Å². The van der Waals surface area contributed by atoms with Crippen molar-refractivity contribution in [2.24, 2.45) is 5.92 Å². The summed E-state index contributed by atoms with van der Waals surface area (Å²) in [5.41, 5.74) is 0.928. The van der Waals surface area contributed by atoms with Gasteiger partial charge < -0.3 is 10.4 Å². The SMILES string of the molecule is CC1=C(C)C(=O)C(CC(=O)O)C(=O)N1. The van der Waals surface area contributed by atoms with Gasteiger partial charge in [0.1, 0.15) is 5.92 Å². The van der Waals surface area contributed by atoms with Crippen molar-refractivity contribution in [3.05, 3.63) is 11.3 Å². The van der Waals surface area contributed by atoms with Crippen LogP contribution in [0.1, 0.15) is 20.3 Å². The van der Waals surface area contributed by atoms with Gasteiger partial charge in [-0.05, 0) is 13.8 Å². The van der Waals surface area contributed by atoms with Crippen LogP contribution in [0.15, 0.2) is 11.3 Å². The van der Waals surface area contributed by atoms with Crippen molar-refractivity contribution in [1.82, 2.24) is 5.32 Å². The minimum absolute atomic E-state index is 0.395. The third-order valence-electron chi connectivity index (χ3n) is 2.25. The lowest BCUT2D eigenvalue weighted by Crippen LogP contribution is -2.41. The van der Waals surface area contributed by atoms with E-state index in [1.54, 1.807) is 13.8 Å². The molecule has 0 aromatic carbocycles. The lowest BCUT2D eigenvalue weighted by atomic mass is 9.90. The maximum Gasteiger partial charge on any atom is 0.304 e. The summed E-state index contributed by atoms with van der Waals surface area (Å²) in [4.78, 5) is 33.2. The topological polar surface area (TPSA) is 83.5 Å². The third kappa shape index (κ3) is 1.81. The van der Waals surface area contributed by atoms with Crippen LogP contribution in [0.3, 0.4) is 0 Å². The summed E-state index contributed by atoms with van der Waals surface area (Å²) in [6, 6.07) is 0. The first-order valence-corrected chi connectivity index (χ1v) is 4.18. The molecular weight excluding hydrogens is 186 g/mol. The highest BCUT2D eigenvalue weighted by molar-refractivity contribution is 6.14. The van der Waals surface area contributed by atoms with Gasteiger partial charge in [0, 0.05) is 11.3 Å². The summed E-state index contributed by atoms with van der Waals surface area (Å²) in [6.07, 6.45) is -0.449. The highest BCUT2D eigenvalue weighted by Gasteiger charge is 2.34. The van der Waals surface area contributed by atoms with Crippen LogP contribution in [-0.2, 0) is 14.4 Å². The van der Waals surface area contributed by atoms with Crippen LogP contribution in [0.2, 0.25) is 0 Å². The van der Waals surface area contributed by atoms with Crippen molar-refractivity contribution in [2.75, 3.05) is 0 Å². The molecule has 0 saturated carbocycles. The fourth-order valence-electron chi connectivity index (χ4n) is 1.29. The average Bonchev–Trinajstić information content (AvgIpc) is 2.09. The van der Waals surface area contributed by atoms with Crippen LogP contribution in [0.5, 0.6) is 0 Å². The van der Waals surface area contributed by atoms with Gasteiger partial charge in [-0.15, -0.1) is 0 Å². The Kier molecular flexibility index (Phi) is 2.69. The smallest absolute Gasteiger partial charge is 0.304 e. The number of carbonyl (C=O) groups excluding carboxylic acids is 2. The summed E-state index contributed by atoms with van der Waals surface area (Å²) >= 11 is 0. The van der Waals surface area contributed by atoms with Crippen LogP contribution < -0.4 is 5.32 Å². The number of hydrogen-bond donors (Lipinski definition) is 2. The van der Waals surface area contributed by atoms with Crippen LogP contribution in [0.4, 0.5) is 0 Å². The second-order valence-electron chi connectivity index (χ2n) is 3.25. The zero-order valence-corrected chi connectivity index (χ0v) is 7.96. The molecule has 0 aliphatic carbocycles. The molecule has 1 aliphatic heterocycles. The van der Waals surface area contributed by atoms with Crippen molar-refractivity contribution in [3.63, 3.8) is 0 Å². The maximum absolute atomic E-state index is 11.5. The molecule has 5 heteroatoms. The fourth-order valence-corrected chi connectivity index (χ4v) is 1.29. The van der Waals surface area contributed by atoms with Gasteiger partial charge in [0.2, 0.25) is 5.91 Å². The van der Waals surface area contributed by atoms with E-state index in [1.807, 2.05) is 0 Å². The van der Waals surface area contributed by atoms with Gasteiger partial charge >= 0.3 is 5.97 Å². The van der Waals surface area contributed by atoms with Crippen LogP contribution >= 0.6 is 0 Å². The molecular formula is C9H11NO4. The maximum atomic E-state index is 11.5. The zero-order valence-electron chi connectivity index (χ0n) is 7.96. The van der Waals surface area contributed by atoms with E-state index in [2.05, 4.69) is 5.32 Å². The molecule has 14 heavy (non-hydrogen) atoms. The Hall–Kier alpha value is -1.65. The molecule has 0 spiro atoms. The quantitative estimate of drug-likeness (QED) is 0.613. The van der Waals surface area contributed by atoms with Crippen molar-refractivity contribution >= 4 is 17.7 Å². The fraction of sp³-hybridized carbons (Fsp3) is 0.444. The van der Waals surface area contributed by atoms with Gasteiger partial charge in [-0.2, -0.15) is 0 Å². The molecule has 0 aromatic rings. The highest BCUT2D eigenvalue weighted by Crippen LogP contribution is 2.18. The molecule has 0 fully saturated rings. The van der Waals surface area contributed by atoms with E-state index in [-0.39, 0.29) is 0 Å². The summed E-state index contributed by atoms with van der Waals surface area (Å²) in [7, 11) is 0. The number of carboxylic acid groups (broad SMARTS) is 1. The second kappa shape index (κ2) is 3.61. The second-order valence-corrected chi connectivity index (χ2v) is 3.25. The highest BCUT2D eigenvalue weighted by atomic mass is 16.4. The Morgan fingerprint density at radius 3 is 2.50 bits per heavy atom. The van der Waals surface area contributed by atoms with Crippen LogP contribution in [0.25, 0.3) is 0 Å². The monoisotopic (exact) mass is 197 g/mol. The van der Waals surface area contributed by atoms with Crippen LogP contribution in [0, 0.1) is 5.92 Å². The largest absolute Gasteiger partial charge is 0.481 e. The predicted octanol–water partition coefficient (Wildman–Crippen LogP) is 0.0701. The van der Waals surface area contributed by atoms with Gasteiger partial charge in [-0.3, -0.25) is 14.4 Å². The molecule has 1 rings (SSSR count). The van der Waals surface area contributed by atoms with E-state index < -0.39 is 30.0 Å². The normalized spacial score (nSPS) is 22.3. The molecule has 1 amide bonds. The first-order chi connectivity index (χ1) is 6.43. The van der Waals surface area contributed by atoms with Crippen molar-refractivity contribution in [3.8, 4) is 0 Å². The van der Waals surface area contributed by atoms with Gasteiger partial charge in [0.25, 0.3) is 0 Å². The first kappa shape index (κ1) is 10.4. The predicted molar refractivity (Wildman–Crippen MR) is 47.3 cm³/mol. The van der Waals surface area contributed by atoms with Crippen molar-refractivity contribution in [2.45, 2.75) is 20.3 Å². The zero-order chi connectivity index (χ0) is 10.9. The van der Waals surface area contributed by atoms with Gasteiger partial charge in [0.05, 0.1) is 6.42 Å². The summed E-state index contributed by atoms with van der Waals surface area (Å²) in [5.74, 6) is -3.14. The molecule has 0 radical (unpaired) electrons. The standard InChI is InChI=1S/C9H11NO4/c1-4-5(2)10-9(14)6(8(4)13)3-7(11)12/h6H,3H2,1-2H3,(H,10,14)(H,11,12). The molecule has 0 bridgehead atoms. The van der Waals surface area contributed by atoms with E-state index in [0.717, 1.165) is 0 Å². The van der Waals surface area contributed by atoms with Gasteiger partial charge in [-0.1, -0.05) is 0 Å². The van der Waals surface area contributed by atoms with Crippen molar-refractivity contribution < 1.29 is 19.5 Å². The number of nitrogens with one attached hydrogen (secondary N) is 1. The summed E-state index contributed by atoms with van der Waals surface area (Å²) < 4.78 is 0. The minimum Gasteiger partial charge on any atom is -0.481 e. The third-order valence-corrected chi connectivity index (χ3v) is 2.25. The van der Waals surface area contributed by atoms with Gasteiger partial charge in [0.15, 0.2) is 5.78 Å². The number of carboxylic acids is 1. The molecule has 2 N–H and O–H groups in total. The average molecular weight is 197 g/mol. The molecule has 0 aromatic heterocycles. The Morgan fingerprint density at radius 2 is 2.00 bits per heavy atom. The lowest BCUT2D eigenvalue weighted by Gasteiger charge is -2.21. The molecule has 76 valence electrons. The molecule has 1 unspecified atom stereocenters.